The standard InChI is InChI=1S/C24H29N3O6/c28-23(24(9-14-31-15-10-24)19-1-5-21(6-2-19)27(29)30)25-20-3-7-22(8-4-20)33-18-13-26-11-16-32-17-12-26/h1-8H,9-18H2,(H,25,28). The Morgan fingerprint density at radius 2 is 1.64 bits per heavy atom. The molecule has 0 aromatic heterocycles. The second-order valence-electron chi connectivity index (χ2n) is 8.28. The molecule has 4 rings (SSSR count). The van der Waals surface area contributed by atoms with Crippen LogP contribution in [0.15, 0.2) is 48.5 Å². The van der Waals surface area contributed by atoms with Crippen molar-refractivity contribution in [2.75, 3.05) is 58.0 Å². The number of hydrogen-bond donors (Lipinski definition) is 1. The first-order valence-electron chi connectivity index (χ1n) is 11.2. The fourth-order valence-corrected chi connectivity index (χ4v) is 4.27. The van der Waals surface area contributed by atoms with E-state index >= 15 is 0 Å². The number of ether oxygens (including phenoxy) is 3. The van der Waals surface area contributed by atoms with Gasteiger partial charge in [-0.15, -0.1) is 0 Å². The Morgan fingerprint density at radius 3 is 2.27 bits per heavy atom. The molecule has 9 nitrogen and oxygen atoms in total. The molecule has 1 amide bonds. The van der Waals surface area contributed by atoms with Gasteiger partial charge in [-0.3, -0.25) is 19.8 Å². The van der Waals surface area contributed by atoms with Gasteiger partial charge in [-0.05, 0) is 42.7 Å². The average Bonchev–Trinajstić information content (AvgIpc) is 2.86. The number of nitrogens with one attached hydrogen (secondary N) is 1. The molecular formula is C24H29N3O6. The zero-order valence-electron chi connectivity index (χ0n) is 18.5. The van der Waals surface area contributed by atoms with Crippen LogP contribution in [0.5, 0.6) is 5.75 Å². The van der Waals surface area contributed by atoms with Crippen LogP contribution in [0.25, 0.3) is 0 Å². The lowest BCUT2D eigenvalue weighted by atomic mass is 9.73. The normalized spacial score (nSPS) is 18.4. The summed E-state index contributed by atoms with van der Waals surface area (Å²) in [6, 6.07) is 13.6. The summed E-state index contributed by atoms with van der Waals surface area (Å²) in [6.07, 6.45) is 1.03. The molecule has 2 aliphatic rings. The van der Waals surface area contributed by atoms with E-state index in [1.165, 1.54) is 12.1 Å². The Kier molecular flexibility index (Phi) is 7.54. The van der Waals surface area contributed by atoms with E-state index in [-0.39, 0.29) is 11.6 Å². The summed E-state index contributed by atoms with van der Waals surface area (Å²) in [5, 5.41) is 14.0. The summed E-state index contributed by atoms with van der Waals surface area (Å²) >= 11 is 0. The van der Waals surface area contributed by atoms with E-state index in [2.05, 4.69) is 10.2 Å². The second-order valence-corrected chi connectivity index (χ2v) is 8.28. The molecule has 1 N–H and O–H groups in total. The van der Waals surface area contributed by atoms with Crippen LogP contribution in [0.3, 0.4) is 0 Å². The van der Waals surface area contributed by atoms with Crippen LogP contribution in [0, 0.1) is 10.1 Å². The van der Waals surface area contributed by atoms with Crippen LogP contribution in [-0.2, 0) is 19.7 Å². The highest BCUT2D eigenvalue weighted by Crippen LogP contribution is 2.37. The van der Waals surface area contributed by atoms with E-state index in [1.807, 2.05) is 24.3 Å². The first-order chi connectivity index (χ1) is 16.1. The highest BCUT2D eigenvalue weighted by molar-refractivity contribution is 5.99. The fraction of sp³-hybridized carbons (Fsp3) is 0.458. The van der Waals surface area contributed by atoms with Crippen LogP contribution in [-0.4, -0.2) is 68.4 Å². The minimum absolute atomic E-state index is 0.00516. The number of non-ortho nitro benzene ring substituents is 1. The van der Waals surface area contributed by atoms with Gasteiger partial charge in [-0.25, -0.2) is 0 Å². The maximum Gasteiger partial charge on any atom is 0.269 e. The summed E-state index contributed by atoms with van der Waals surface area (Å²) in [5.74, 6) is 0.609. The van der Waals surface area contributed by atoms with Gasteiger partial charge in [0.15, 0.2) is 0 Å². The summed E-state index contributed by atoms with van der Waals surface area (Å²) < 4.78 is 16.7. The van der Waals surface area contributed by atoms with Gasteiger partial charge in [0.05, 0.1) is 23.6 Å². The number of benzene rings is 2. The molecule has 2 aromatic rings. The number of carbonyl (C=O) groups is 1. The largest absolute Gasteiger partial charge is 0.492 e. The molecule has 0 bridgehead atoms. The lowest BCUT2D eigenvalue weighted by molar-refractivity contribution is -0.384. The van der Waals surface area contributed by atoms with Crippen LogP contribution >= 0.6 is 0 Å². The molecule has 0 atom stereocenters. The molecule has 2 aliphatic heterocycles. The van der Waals surface area contributed by atoms with E-state index in [4.69, 9.17) is 14.2 Å². The number of amides is 1. The van der Waals surface area contributed by atoms with Gasteiger partial charge in [-0.1, -0.05) is 12.1 Å². The molecular weight excluding hydrogens is 426 g/mol. The van der Waals surface area contributed by atoms with Crippen molar-refractivity contribution >= 4 is 17.3 Å². The molecule has 2 aromatic carbocycles. The average molecular weight is 456 g/mol. The zero-order chi connectivity index (χ0) is 23.1. The third-order valence-electron chi connectivity index (χ3n) is 6.30. The lowest BCUT2D eigenvalue weighted by Gasteiger charge is -2.36. The Labute approximate surface area is 192 Å². The first kappa shape index (κ1) is 23.2. The number of rotatable bonds is 8. The number of anilines is 1. The van der Waals surface area contributed by atoms with Crippen molar-refractivity contribution in [2.45, 2.75) is 18.3 Å². The monoisotopic (exact) mass is 455 g/mol. The number of carbonyl (C=O) groups excluding carboxylic acids is 1. The lowest BCUT2D eigenvalue weighted by Crippen LogP contribution is -2.44. The van der Waals surface area contributed by atoms with E-state index in [1.54, 1.807) is 12.1 Å². The van der Waals surface area contributed by atoms with Gasteiger partial charge < -0.3 is 19.5 Å². The molecule has 0 aliphatic carbocycles. The number of nitro benzene ring substituents is 1. The maximum absolute atomic E-state index is 13.4. The van der Waals surface area contributed by atoms with E-state index in [9.17, 15) is 14.9 Å². The van der Waals surface area contributed by atoms with Gasteiger partial charge >= 0.3 is 0 Å². The van der Waals surface area contributed by atoms with Crippen LogP contribution in [0.2, 0.25) is 0 Å². The van der Waals surface area contributed by atoms with E-state index in [0.717, 1.165) is 44.2 Å². The second kappa shape index (κ2) is 10.7. The fourth-order valence-electron chi connectivity index (χ4n) is 4.27. The van der Waals surface area contributed by atoms with Gasteiger partial charge in [0.2, 0.25) is 5.91 Å². The number of morpholine rings is 1. The summed E-state index contributed by atoms with van der Waals surface area (Å²) in [4.78, 5) is 26.3. The molecule has 2 saturated heterocycles. The molecule has 0 radical (unpaired) electrons. The summed E-state index contributed by atoms with van der Waals surface area (Å²) in [6.45, 7) is 5.74. The Hall–Kier alpha value is -3.01. The van der Waals surface area contributed by atoms with Crippen molar-refractivity contribution in [1.82, 2.24) is 4.90 Å². The van der Waals surface area contributed by atoms with Gasteiger partial charge in [0, 0.05) is 50.7 Å². The van der Waals surface area contributed by atoms with Crippen LogP contribution in [0.1, 0.15) is 18.4 Å². The third-order valence-corrected chi connectivity index (χ3v) is 6.30. The molecule has 176 valence electrons. The number of nitrogens with zero attached hydrogens (tertiary/aromatic N) is 2. The van der Waals surface area contributed by atoms with Gasteiger partial charge in [0.25, 0.3) is 5.69 Å². The number of hydrogen-bond acceptors (Lipinski definition) is 7. The quantitative estimate of drug-likeness (QED) is 0.482. The van der Waals surface area contributed by atoms with Crippen molar-refractivity contribution in [3.8, 4) is 5.75 Å². The first-order valence-corrected chi connectivity index (χ1v) is 11.2. The van der Waals surface area contributed by atoms with Gasteiger partial charge in [-0.2, -0.15) is 0 Å². The molecule has 2 fully saturated rings. The van der Waals surface area contributed by atoms with E-state index in [0.29, 0.717) is 38.3 Å². The number of nitro groups is 1. The molecule has 0 unspecified atom stereocenters. The smallest absolute Gasteiger partial charge is 0.269 e. The molecule has 9 heteroatoms. The van der Waals surface area contributed by atoms with Crippen molar-refractivity contribution < 1.29 is 23.9 Å². The van der Waals surface area contributed by atoms with Gasteiger partial charge in [0.1, 0.15) is 12.4 Å². The minimum atomic E-state index is -0.791. The van der Waals surface area contributed by atoms with Crippen molar-refractivity contribution in [3.05, 3.63) is 64.2 Å². The Bertz CT molecular complexity index is 936. The SMILES string of the molecule is O=C(Nc1ccc(OCCN2CCOCC2)cc1)C1(c2ccc([N+](=O)[O-])cc2)CCOCC1. The Morgan fingerprint density at radius 1 is 1.00 bits per heavy atom. The molecule has 0 spiro atoms. The predicted molar refractivity (Wildman–Crippen MR) is 123 cm³/mol. The molecule has 33 heavy (non-hydrogen) atoms. The highest BCUT2D eigenvalue weighted by atomic mass is 16.6. The summed E-state index contributed by atoms with van der Waals surface area (Å²) in [5.41, 5.74) is 0.650. The Balaban J connectivity index is 1.38. The van der Waals surface area contributed by atoms with Crippen molar-refractivity contribution in [1.29, 1.82) is 0 Å². The van der Waals surface area contributed by atoms with Crippen LogP contribution in [0.4, 0.5) is 11.4 Å². The van der Waals surface area contributed by atoms with E-state index < -0.39 is 10.3 Å². The maximum atomic E-state index is 13.4. The van der Waals surface area contributed by atoms with Crippen molar-refractivity contribution in [2.24, 2.45) is 0 Å². The molecule has 2 heterocycles. The summed E-state index contributed by atoms with van der Waals surface area (Å²) in [7, 11) is 0. The topological polar surface area (TPSA) is 103 Å². The third kappa shape index (κ3) is 5.68. The predicted octanol–water partition coefficient (Wildman–Crippen LogP) is 2.99. The highest BCUT2D eigenvalue weighted by Gasteiger charge is 2.42. The zero-order valence-corrected chi connectivity index (χ0v) is 18.5. The minimum Gasteiger partial charge on any atom is -0.492 e. The molecule has 0 saturated carbocycles. The van der Waals surface area contributed by atoms with Crippen molar-refractivity contribution in [3.63, 3.8) is 0 Å². The van der Waals surface area contributed by atoms with Crippen LogP contribution < -0.4 is 10.1 Å².